The van der Waals surface area contributed by atoms with Crippen LogP contribution in [0.2, 0.25) is 0 Å². The number of benzene rings is 1. The molecule has 0 aliphatic carbocycles. The van der Waals surface area contributed by atoms with Crippen molar-refractivity contribution in [2.75, 3.05) is 42.7 Å². The van der Waals surface area contributed by atoms with Crippen LogP contribution in [0.4, 0.5) is 11.9 Å². The summed E-state index contributed by atoms with van der Waals surface area (Å²) in [6, 6.07) is 8.01. The molecule has 3 rings (SSSR count). The van der Waals surface area contributed by atoms with E-state index in [-0.39, 0.29) is 0 Å². The van der Waals surface area contributed by atoms with Crippen LogP contribution in [0.3, 0.4) is 0 Å². The zero-order valence-electron chi connectivity index (χ0n) is 17.2. The summed E-state index contributed by atoms with van der Waals surface area (Å²) in [7, 11) is 1.78. The Morgan fingerprint density at radius 2 is 1.86 bits per heavy atom. The van der Waals surface area contributed by atoms with Gasteiger partial charge in [-0.15, -0.1) is 5.10 Å². The number of hydrogen-bond acceptors (Lipinski definition) is 9. The average molecular weight is 415 g/mol. The molecule has 0 spiro atoms. The van der Waals surface area contributed by atoms with Gasteiger partial charge >= 0.3 is 0 Å². The third kappa shape index (κ3) is 5.57. The van der Waals surface area contributed by atoms with Gasteiger partial charge in [0.25, 0.3) is 5.95 Å². The molecule has 0 atom stereocenters. The van der Waals surface area contributed by atoms with Crippen molar-refractivity contribution >= 4 is 23.7 Å². The zero-order valence-corrected chi connectivity index (χ0v) is 18.0. The number of rotatable bonds is 10. The third-order valence-corrected chi connectivity index (χ3v) is 4.98. The highest BCUT2D eigenvalue weighted by molar-refractivity contribution is 7.99. The summed E-state index contributed by atoms with van der Waals surface area (Å²) in [4.78, 5) is 19.8. The largest absolute Gasteiger partial charge is 0.493 e. The van der Waals surface area contributed by atoms with Gasteiger partial charge in [-0.2, -0.15) is 19.6 Å². The maximum absolute atomic E-state index is 5.74. The summed E-state index contributed by atoms with van der Waals surface area (Å²) in [5.41, 5.74) is 1.21. The standard InChI is InChI=1S/C19H26N8OS/c1-5-26(6-2)17-22-16(20-4)23-18(24-17)27-13-21-19(25-27)29-12-11-28-15-9-7-14(3)8-10-15/h7-10,13H,5-6,11-12H2,1-4H3,(H,20,22,23,24). The molecule has 9 nitrogen and oxygen atoms in total. The number of hydrogen-bond donors (Lipinski definition) is 1. The summed E-state index contributed by atoms with van der Waals surface area (Å²) in [6.07, 6.45) is 1.62. The molecule has 3 aromatic rings. The lowest BCUT2D eigenvalue weighted by Crippen LogP contribution is -2.25. The van der Waals surface area contributed by atoms with Gasteiger partial charge in [0.05, 0.1) is 6.61 Å². The fourth-order valence-corrected chi connectivity index (χ4v) is 3.17. The van der Waals surface area contributed by atoms with Crippen LogP contribution in [-0.4, -0.2) is 62.2 Å². The van der Waals surface area contributed by atoms with Crippen LogP contribution in [0.15, 0.2) is 35.7 Å². The summed E-state index contributed by atoms with van der Waals surface area (Å²) in [6.45, 7) is 8.37. The molecule has 0 fully saturated rings. The summed E-state index contributed by atoms with van der Waals surface area (Å²) in [5, 5.41) is 8.10. The van der Waals surface area contributed by atoms with E-state index in [0.29, 0.717) is 29.6 Å². The van der Waals surface area contributed by atoms with E-state index < -0.39 is 0 Å². The van der Waals surface area contributed by atoms with E-state index in [9.17, 15) is 0 Å². The summed E-state index contributed by atoms with van der Waals surface area (Å²) >= 11 is 1.52. The smallest absolute Gasteiger partial charge is 0.258 e. The lowest BCUT2D eigenvalue weighted by atomic mass is 10.2. The number of ether oxygens (including phenoxy) is 1. The van der Waals surface area contributed by atoms with Crippen LogP contribution in [0, 0.1) is 6.92 Å². The highest BCUT2D eigenvalue weighted by atomic mass is 32.2. The number of aryl methyl sites for hydroxylation is 1. The van der Waals surface area contributed by atoms with Crippen LogP contribution in [0.5, 0.6) is 5.75 Å². The molecule has 0 radical (unpaired) electrons. The van der Waals surface area contributed by atoms with Crippen LogP contribution < -0.4 is 15.0 Å². The highest BCUT2D eigenvalue weighted by Crippen LogP contribution is 2.17. The lowest BCUT2D eigenvalue weighted by molar-refractivity contribution is 0.344. The van der Waals surface area contributed by atoms with Gasteiger partial charge in [0, 0.05) is 25.9 Å². The maximum Gasteiger partial charge on any atom is 0.258 e. The molecule has 2 heterocycles. The van der Waals surface area contributed by atoms with Gasteiger partial charge in [-0.25, -0.2) is 4.98 Å². The Labute approximate surface area is 174 Å². The first-order chi connectivity index (χ1) is 14.1. The number of thioether (sulfide) groups is 1. The Morgan fingerprint density at radius 3 is 2.55 bits per heavy atom. The monoisotopic (exact) mass is 414 g/mol. The molecule has 1 N–H and O–H groups in total. The van der Waals surface area contributed by atoms with Gasteiger partial charge in [-0.3, -0.25) is 0 Å². The van der Waals surface area contributed by atoms with E-state index in [1.54, 1.807) is 18.1 Å². The van der Waals surface area contributed by atoms with Crippen molar-refractivity contribution in [3.05, 3.63) is 36.2 Å². The first kappa shape index (κ1) is 20.8. The van der Waals surface area contributed by atoms with Crippen molar-refractivity contribution in [3.63, 3.8) is 0 Å². The fourth-order valence-electron chi connectivity index (χ4n) is 2.55. The van der Waals surface area contributed by atoms with E-state index in [2.05, 4.69) is 56.0 Å². The van der Waals surface area contributed by atoms with E-state index in [4.69, 9.17) is 4.74 Å². The first-order valence-corrected chi connectivity index (χ1v) is 10.5. The lowest BCUT2D eigenvalue weighted by Gasteiger charge is -2.19. The molecule has 0 aliphatic rings. The molecule has 10 heteroatoms. The summed E-state index contributed by atoms with van der Waals surface area (Å²) < 4.78 is 7.31. The molecule has 0 unspecified atom stereocenters. The van der Waals surface area contributed by atoms with Gasteiger partial charge in [-0.1, -0.05) is 29.5 Å². The molecule has 1 aromatic carbocycles. The second kappa shape index (κ2) is 10.1. The highest BCUT2D eigenvalue weighted by Gasteiger charge is 2.13. The average Bonchev–Trinajstić information content (AvgIpc) is 3.22. The second-order valence-electron chi connectivity index (χ2n) is 6.16. The Hall–Kier alpha value is -2.88. The predicted molar refractivity (Wildman–Crippen MR) is 115 cm³/mol. The molecular weight excluding hydrogens is 388 g/mol. The molecule has 0 bridgehead atoms. The van der Waals surface area contributed by atoms with Crippen molar-refractivity contribution in [1.82, 2.24) is 29.7 Å². The zero-order chi connectivity index (χ0) is 20.6. The van der Waals surface area contributed by atoms with Crippen molar-refractivity contribution in [2.24, 2.45) is 0 Å². The Balaban J connectivity index is 1.63. The number of nitrogens with zero attached hydrogens (tertiary/aromatic N) is 7. The first-order valence-electron chi connectivity index (χ1n) is 9.56. The number of aromatic nitrogens is 6. The van der Waals surface area contributed by atoms with Crippen LogP contribution >= 0.6 is 11.8 Å². The normalized spacial score (nSPS) is 10.8. The second-order valence-corrected chi connectivity index (χ2v) is 7.23. The maximum atomic E-state index is 5.74. The van der Waals surface area contributed by atoms with Crippen molar-refractivity contribution in [3.8, 4) is 11.7 Å². The Bertz CT molecular complexity index is 911. The Kier molecular flexibility index (Phi) is 7.23. The van der Waals surface area contributed by atoms with Gasteiger partial charge < -0.3 is 15.0 Å². The quantitative estimate of drug-likeness (QED) is 0.397. The topological polar surface area (TPSA) is 93.9 Å². The van der Waals surface area contributed by atoms with E-state index in [1.807, 2.05) is 24.3 Å². The third-order valence-electron chi connectivity index (χ3n) is 4.16. The minimum Gasteiger partial charge on any atom is -0.493 e. The van der Waals surface area contributed by atoms with Crippen molar-refractivity contribution in [2.45, 2.75) is 25.9 Å². The van der Waals surface area contributed by atoms with Crippen molar-refractivity contribution < 1.29 is 4.74 Å². The van der Waals surface area contributed by atoms with E-state index in [1.165, 1.54) is 17.3 Å². The van der Waals surface area contributed by atoms with Gasteiger partial charge in [0.2, 0.25) is 17.1 Å². The molecule has 2 aromatic heterocycles. The molecule has 0 saturated carbocycles. The Morgan fingerprint density at radius 1 is 1.10 bits per heavy atom. The predicted octanol–water partition coefficient (Wildman–Crippen LogP) is 2.82. The minimum absolute atomic E-state index is 0.432. The van der Waals surface area contributed by atoms with E-state index in [0.717, 1.165) is 24.6 Å². The molecule has 0 saturated heterocycles. The number of nitrogens with one attached hydrogen (secondary N) is 1. The van der Waals surface area contributed by atoms with E-state index >= 15 is 0 Å². The minimum atomic E-state index is 0.432. The summed E-state index contributed by atoms with van der Waals surface area (Å²) in [5.74, 6) is 3.14. The van der Waals surface area contributed by atoms with Gasteiger partial charge in [-0.05, 0) is 32.9 Å². The van der Waals surface area contributed by atoms with Crippen LogP contribution in [0.1, 0.15) is 19.4 Å². The van der Waals surface area contributed by atoms with Crippen LogP contribution in [0.25, 0.3) is 5.95 Å². The molecule has 0 aliphatic heterocycles. The van der Waals surface area contributed by atoms with Gasteiger partial charge in [0.15, 0.2) is 0 Å². The molecule has 0 amide bonds. The molecule has 29 heavy (non-hydrogen) atoms. The van der Waals surface area contributed by atoms with Crippen LogP contribution in [-0.2, 0) is 0 Å². The molecule has 154 valence electrons. The van der Waals surface area contributed by atoms with Crippen molar-refractivity contribution in [1.29, 1.82) is 0 Å². The van der Waals surface area contributed by atoms with Gasteiger partial charge in [0.1, 0.15) is 12.1 Å². The SMILES string of the molecule is CCN(CC)c1nc(NC)nc(-n2cnc(SCCOc3ccc(C)cc3)n2)n1. The molecular formula is C19H26N8OS. The fraction of sp³-hybridized carbons (Fsp3) is 0.421. The number of anilines is 2.